The first-order chi connectivity index (χ1) is 12.4. The van der Waals surface area contributed by atoms with Crippen LogP contribution in [0.1, 0.15) is 37.5 Å². The third-order valence-corrected chi connectivity index (χ3v) is 4.42. The van der Waals surface area contributed by atoms with Gasteiger partial charge in [0.2, 0.25) is 0 Å². The molecule has 2 nitrogen and oxygen atoms in total. The van der Waals surface area contributed by atoms with Gasteiger partial charge in [0.05, 0.1) is 0 Å². The first-order valence-corrected chi connectivity index (χ1v) is 8.85. The van der Waals surface area contributed by atoms with E-state index in [0.29, 0.717) is 0 Å². The molecule has 3 rings (SSSR count). The van der Waals surface area contributed by atoms with Gasteiger partial charge in [0.15, 0.2) is 0 Å². The summed E-state index contributed by atoms with van der Waals surface area (Å²) in [7, 11) is 0. The molecule has 0 fully saturated rings. The van der Waals surface area contributed by atoms with Crippen LogP contribution in [-0.2, 0) is 21.6 Å². The maximum atomic E-state index is 12.0. The van der Waals surface area contributed by atoms with Crippen LogP contribution in [-0.4, -0.2) is 5.97 Å². The van der Waals surface area contributed by atoms with Crippen molar-refractivity contribution in [3.8, 4) is 0 Å². The van der Waals surface area contributed by atoms with Crippen molar-refractivity contribution in [2.75, 3.05) is 0 Å². The Balaban J connectivity index is 1.63. The van der Waals surface area contributed by atoms with Crippen LogP contribution < -0.4 is 0 Å². The van der Waals surface area contributed by atoms with Crippen LogP contribution in [0.5, 0.6) is 0 Å². The number of ether oxygens (including phenoxy) is 1. The lowest BCUT2D eigenvalue weighted by Crippen LogP contribution is -2.10. The quantitative estimate of drug-likeness (QED) is 0.435. The lowest BCUT2D eigenvalue weighted by molar-refractivity contribution is -0.138. The van der Waals surface area contributed by atoms with E-state index in [1.807, 2.05) is 42.5 Å². The van der Waals surface area contributed by atoms with E-state index in [9.17, 15) is 4.79 Å². The lowest BCUT2D eigenvalue weighted by Gasteiger charge is -2.19. The second-order valence-electron chi connectivity index (χ2n) is 7.46. The number of esters is 1. The molecule has 3 aromatic carbocycles. The van der Waals surface area contributed by atoms with E-state index in [1.54, 1.807) is 0 Å². The van der Waals surface area contributed by atoms with E-state index in [4.69, 9.17) is 4.74 Å². The second-order valence-corrected chi connectivity index (χ2v) is 7.46. The number of hydrogen-bond acceptors (Lipinski definition) is 2. The van der Waals surface area contributed by atoms with Crippen molar-refractivity contribution in [3.63, 3.8) is 0 Å². The van der Waals surface area contributed by atoms with E-state index in [2.05, 4.69) is 51.1 Å². The number of carbonyl (C=O) groups is 1. The van der Waals surface area contributed by atoms with Gasteiger partial charge in [-0.1, -0.05) is 87.5 Å². The van der Waals surface area contributed by atoms with Crippen LogP contribution in [0.3, 0.4) is 0 Å². The van der Waals surface area contributed by atoms with Crippen molar-refractivity contribution in [2.45, 2.75) is 32.8 Å². The molecule has 0 spiro atoms. The number of benzene rings is 3. The molecule has 0 aliphatic rings. The normalized spacial score (nSPS) is 11.8. The van der Waals surface area contributed by atoms with E-state index >= 15 is 0 Å². The number of rotatable bonds is 4. The topological polar surface area (TPSA) is 26.3 Å². The summed E-state index contributed by atoms with van der Waals surface area (Å²) < 4.78 is 5.36. The molecule has 0 heterocycles. The van der Waals surface area contributed by atoms with Crippen molar-refractivity contribution < 1.29 is 9.53 Å². The van der Waals surface area contributed by atoms with Crippen LogP contribution in [0.15, 0.2) is 72.8 Å². The SMILES string of the molecule is CC(C)(C)c1ccc(COC(=O)/C=C/c2cccc3ccccc23)cc1. The molecule has 0 unspecified atom stereocenters. The monoisotopic (exact) mass is 344 g/mol. The van der Waals surface area contributed by atoms with Crippen LogP contribution in [0, 0.1) is 0 Å². The van der Waals surface area contributed by atoms with Crippen molar-refractivity contribution in [1.82, 2.24) is 0 Å². The van der Waals surface area contributed by atoms with Crippen molar-refractivity contribution in [2.24, 2.45) is 0 Å². The van der Waals surface area contributed by atoms with Crippen molar-refractivity contribution in [1.29, 1.82) is 0 Å². The minimum Gasteiger partial charge on any atom is -0.458 e. The Labute approximate surface area is 155 Å². The Morgan fingerprint density at radius 1 is 0.923 bits per heavy atom. The van der Waals surface area contributed by atoms with Gasteiger partial charge < -0.3 is 4.74 Å². The molecule has 0 aliphatic heterocycles. The molecule has 2 heteroatoms. The fourth-order valence-corrected chi connectivity index (χ4v) is 2.86. The van der Waals surface area contributed by atoms with Gasteiger partial charge in [-0.2, -0.15) is 0 Å². The standard InChI is InChI=1S/C24H24O2/c1-24(2,3)21-14-11-18(12-15-21)17-26-23(25)16-13-20-9-6-8-19-7-4-5-10-22(19)20/h4-16H,17H2,1-3H3/b16-13+. The smallest absolute Gasteiger partial charge is 0.331 e. The molecule has 0 bridgehead atoms. The molecule has 0 saturated heterocycles. The maximum Gasteiger partial charge on any atom is 0.331 e. The Morgan fingerprint density at radius 2 is 1.62 bits per heavy atom. The molecule has 0 atom stereocenters. The second kappa shape index (κ2) is 7.57. The molecule has 0 saturated carbocycles. The van der Waals surface area contributed by atoms with Crippen molar-refractivity contribution >= 4 is 22.8 Å². The maximum absolute atomic E-state index is 12.0. The zero-order valence-corrected chi connectivity index (χ0v) is 15.5. The van der Waals surface area contributed by atoms with Gasteiger partial charge in [-0.3, -0.25) is 0 Å². The van der Waals surface area contributed by atoms with E-state index in [1.165, 1.54) is 11.6 Å². The van der Waals surface area contributed by atoms with Gasteiger partial charge in [0, 0.05) is 6.08 Å². The first-order valence-electron chi connectivity index (χ1n) is 8.85. The highest BCUT2D eigenvalue weighted by atomic mass is 16.5. The van der Waals surface area contributed by atoms with Crippen LogP contribution in [0.25, 0.3) is 16.8 Å². The van der Waals surface area contributed by atoms with Gasteiger partial charge in [-0.05, 0) is 39.0 Å². The predicted molar refractivity (Wildman–Crippen MR) is 108 cm³/mol. The molecule has 3 aromatic rings. The third kappa shape index (κ3) is 4.40. The predicted octanol–water partition coefficient (Wildman–Crippen LogP) is 5.89. The minimum atomic E-state index is -0.335. The summed E-state index contributed by atoms with van der Waals surface area (Å²) in [6.07, 6.45) is 3.30. The lowest BCUT2D eigenvalue weighted by atomic mass is 9.87. The molecule has 0 aromatic heterocycles. The zero-order valence-electron chi connectivity index (χ0n) is 15.5. The van der Waals surface area contributed by atoms with E-state index < -0.39 is 0 Å². The van der Waals surface area contributed by atoms with Gasteiger partial charge >= 0.3 is 5.97 Å². The Morgan fingerprint density at radius 3 is 2.35 bits per heavy atom. The highest BCUT2D eigenvalue weighted by Gasteiger charge is 2.12. The third-order valence-electron chi connectivity index (χ3n) is 4.42. The molecular weight excluding hydrogens is 320 g/mol. The number of hydrogen-bond donors (Lipinski definition) is 0. The van der Waals surface area contributed by atoms with Crippen LogP contribution >= 0.6 is 0 Å². The largest absolute Gasteiger partial charge is 0.458 e. The summed E-state index contributed by atoms with van der Waals surface area (Å²) in [6.45, 7) is 6.82. The van der Waals surface area contributed by atoms with E-state index in [0.717, 1.165) is 21.9 Å². The highest BCUT2D eigenvalue weighted by molar-refractivity contribution is 5.94. The molecule has 132 valence electrons. The number of carbonyl (C=O) groups excluding carboxylic acids is 1. The molecule has 0 amide bonds. The minimum absolute atomic E-state index is 0.121. The summed E-state index contributed by atoms with van der Waals surface area (Å²) in [5.41, 5.74) is 3.39. The van der Waals surface area contributed by atoms with Gasteiger partial charge in [-0.25, -0.2) is 4.79 Å². The summed E-state index contributed by atoms with van der Waals surface area (Å²) in [6, 6.07) is 22.4. The number of fused-ring (bicyclic) bond motifs is 1. The van der Waals surface area contributed by atoms with E-state index in [-0.39, 0.29) is 18.0 Å². The average molecular weight is 344 g/mol. The Hall–Kier alpha value is -2.87. The molecule has 0 N–H and O–H groups in total. The zero-order chi connectivity index (χ0) is 18.6. The molecule has 0 radical (unpaired) electrons. The summed E-state index contributed by atoms with van der Waals surface area (Å²) in [4.78, 5) is 12.0. The summed E-state index contributed by atoms with van der Waals surface area (Å²) >= 11 is 0. The molecule has 0 aliphatic carbocycles. The van der Waals surface area contributed by atoms with Gasteiger partial charge in [-0.15, -0.1) is 0 Å². The van der Waals surface area contributed by atoms with Crippen LogP contribution in [0.2, 0.25) is 0 Å². The Kier molecular flexibility index (Phi) is 5.22. The van der Waals surface area contributed by atoms with Crippen molar-refractivity contribution in [3.05, 3.63) is 89.5 Å². The average Bonchev–Trinajstić information content (AvgIpc) is 2.64. The van der Waals surface area contributed by atoms with Gasteiger partial charge in [0.25, 0.3) is 0 Å². The highest BCUT2D eigenvalue weighted by Crippen LogP contribution is 2.22. The fraction of sp³-hybridized carbons (Fsp3) is 0.208. The van der Waals surface area contributed by atoms with Gasteiger partial charge in [0.1, 0.15) is 6.61 Å². The fourth-order valence-electron chi connectivity index (χ4n) is 2.86. The summed E-state index contributed by atoms with van der Waals surface area (Å²) in [5.74, 6) is -0.335. The van der Waals surface area contributed by atoms with Crippen LogP contribution in [0.4, 0.5) is 0 Å². The first kappa shape index (κ1) is 17.9. The molecule has 26 heavy (non-hydrogen) atoms. The Bertz CT molecular complexity index is 923. The summed E-state index contributed by atoms with van der Waals surface area (Å²) in [5, 5.41) is 2.28. The molecular formula is C24H24O2.